The lowest BCUT2D eigenvalue weighted by atomic mass is 10.1. The number of aromatic nitrogens is 3. The molecule has 4 aromatic rings. The van der Waals surface area contributed by atoms with Crippen molar-refractivity contribution in [1.82, 2.24) is 14.6 Å². The van der Waals surface area contributed by atoms with Gasteiger partial charge < -0.3 is 5.32 Å². The number of benzene rings is 2. The minimum atomic E-state index is -0.0523. The number of anilines is 1. The van der Waals surface area contributed by atoms with Crippen LogP contribution in [0.15, 0.2) is 72.0 Å². The van der Waals surface area contributed by atoms with Crippen molar-refractivity contribution in [3.63, 3.8) is 0 Å². The third-order valence-corrected chi connectivity index (χ3v) is 5.41. The molecule has 5 nitrogen and oxygen atoms in total. The maximum Gasteiger partial charge on any atom is 0.234 e. The lowest BCUT2D eigenvalue weighted by Gasteiger charge is -2.09. The van der Waals surface area contributed by atoms with E-state index in [9.17, 15) is 4.79 Å². The van der Waals surface area contributed by atoms with Crippen LogP contribution in [0.3, 0.4) is 0 Å². The van der Waals surface area contributed by atoms with E-state index in [0.29, 0.717) is 0 Å². The molecule has 6 heteroatoms. The highest BCUT2D eigenvalue weighted by molar-refractivity contribution is 8.00. The first-order valence-corrected chi connectivity index (χ1v) is 9.98. The Morgan fingerprint density at radius 1 is 1.11 bits per heavy atom. The van der Waals surface area contributed by atoms with E-state index >= 15 is 0 Å². The molecule has 140 valence electrons. The van der Waals surface area contributed by atoms with E-state index in [4.69, 9.17) is 0 Å². The van der Waals surface area contributed by atoms with Gasteiger partial charge in [0.2, 0.25) is 5.91 Å². The van der Waals surface area contributed by atoms with Crippen LogP contribution in [0, 0.1) is 13.8 Å². The summed E-state index contributed by atoms with van der Waals surface area (Å²) in [5.74, 6) is 0.231. The molecule has 0 spiro atoms. The molecule has 4 rings (SSSR count). The summed E-state index contributed by atoms with van der Waals surface area (Å²) in [6.45, 7) is 4.03. The SMILES string of the molecule is Cc1ccc(NC(=O)CSc2nccn3nc(-c4ccccc4)cc23)c(C)c1. The van der Waals surface area contributed by atoms with Crippen molar-refractivity contribution < 1.29 is 4.79 Å². The molecule has 2 heterocycles. The Morgan fingerprint density at radius 3 is 2.71 bits per heavy atom. The molecule has 0 aliphatic rings. The number of hydrogen-bond donors (Lipinski definition) is 1. The number of thioether (sulfide) groups is 1. The van der Waals surface area contributed by atoms with Gasteiger partial charge in [-0.25, -0.2) is 9.50 Å². The zero-order valence-corrected chi connectivity index (χ0v) is 16.5. The molecule has 0 aliphatic carbocycles. The fourth-order valence-corrected chi connectivity index (χ4v) is 3.81. The van der Waals surface area contributed by atoms with Gasteiger partial charge in [-0.05, 0) is 31.5 Å². The standard InChI is InChI=1S/C22H20N4OS/c1-15-8-9-18(16(2)12-15)24-21(27)14-28-22-20-13-19(17-6-4-3-5-7-17)25-26(20)11-10-23-22/h3-13H,14H2,1-2H3,(H,24,27). The average Bonchev–Trinajstić information content (AvgIpc) is 3.14. The quantitative estimate of drug-likeness (QED) is 0.502. The number of aryl methyl sites for hydroxylation is 2. The third kappa shape index (κ3) is 3.92. The molecule has 0 fully saturated rings. The van der Waals surface area contributed by atoms with Gasteiger partial charge >= 0.3 is 0 Å². The average molecular weight is 388 g/mol. The van der Waals surface area contributed by atoms with Crippen LogP contribution in [0.4, 0.5) is 5.69 Å². The van der Waals surface area contributed by atoms with E-state index in [1.165, 1.54) is 17.3 Å². The molecule has 0 aliphatic heterocycles. The first-order chi connectivity index (χ1) is 13.6. The van der Waals surface area contributed by atoms with Crippen LogP contribution < -0.4 is 5.32 Å². The summed E-state index contributed by atoms with van der Waals surface area (Å²) >= 11 is 1.41. The molecule has 2 aromatic heterocycles. The second-order valence-electron chi connectivity index (χ2n) is 6.61. The second-order valence-corrected chi connectivity index (χ2v) is 7.58. The largest absolute Gasteiger partial charge is 0.325 e. The lowest BCUT2D eigenvalue weighted by Crippen LogP contribution is -2.15. The number of hydrogen-bond acceptors (Lipinski definition) is 4. The lowest BCUT2D eigenvalue weighted by molar-refractivity contribution is -0.113. The summed E-state index contributed by atoms with van der Waals surface area (Å²) in [7, 11) is 0. The smallest absolute Gasteiger partial charge is 0.234 e. The number of amides is 1. The predicted molar refractivity (Wildman–Crippen MR) is 114 cm³/mol. The van der Waals surface area contributed by atoms with Crippen molar-refractivity contribution in [3.8, 4) is 11.3 Å². The van der Waals surface area contributed by atoms with Crippen LogP contribution in [-0.2, 0) is 4.79 Å². The van der Waals surface area contributed by atoms with Crippen molar-refractivity contribution in [2.24, 2.45) is 0 Å². The predicted octanol–water partition coefficient (Wildman–Crippen LogP) is 4.74. The molecule has 0 saturated carbocycles. The van der Waals surface area contributed by atoms with Crippen LogP contribution in [0.1, 0.15) is 11.1 Å². The van der Waals surface area contributed by atoms with Crippen LogP contribution >= 0.6 is 11.8 Å². The summed E-state index contributed by atoms with van der Waals surface area (Å²) in [6.07, 6.45) is 3.53. The summed E-state index contributed by atoms with van der Waals surface area (Å²) in [4.78, 5) is 16.8. The van der Waals surface area contributed by atoms with E-state index < -0.39 is 0 Å². The van der Waals surface area contributed by atoms with E-state index in [-0.39, 0.29) is 11.7 Å². The van der Waals surface area contributed by atoms with Crippen molar-refractivity contribution in [2.45, 2.75) is 18.9 Å². The number of nitrogens with one attached hydrogen (secondary N) is 1. The molecule has 0 unspecified atom stereocenters. The van der Waals surface area contributed by atoms with Crippen molar-refractivity contribution >= 4 is 28.9 Å². The minimum absolute atomic E-state index is 0.0523. The van der Waals surface area contributed by atoms with Crippen LogP contribution in [0.5, 0.6) is 0 Å². The maximum atomic E-state index is 12.4. The molecule has 0 bridgehead atoms. The van der Waals surface area contributed by atoms with Crippen molar-refractivity contribution in [1.29, 1.82) is 0 Å². The van der Waals surface area contributed by atoms with Gasteiger partial charge in [-0.3, -0.25) is 4.79 Å². The van der Waals surface area contributed by atoms with Crippen LogP contribution in [0.2, 0.25) is 0 Å². The first kappa shape index (κ1) is 18.3. The molecule has 1 N–H and O–H groups in total. The monoisotopic (exact) mass is 388 g/mol. The van der Waals surface area contributed by atoms with Gasteiger partial charge in [-0.15, -0.1) is 0 Å². The number of carbonyl (C=O) groups excluding carboxylic acids is 1. The second kappa shape index (κ2) is 7.86. The van der Waals surface area contributed by atoms with Gasteiger partial charge in [0.25, 0.3) is 0 Å². The molecule has 0 radical (unpaired) electrons. The Hall–Kier alpha value is -3.12. The third-order valence-electron chi connectivity index (χ3n) is 4.42. The molecule has 0 atom stereocenters. The van der Waals surface area contributed by atoms with E-state index in [0.717, 1.165) is 33.1 Å². The van der Waals surface area contributed by atoms with Crippen molar-refractivity contribution in [2.75, 3.05) is 11.1 Å². The fourth-order valence-electron chi connectivity index (χ4n) is 3.03. The van der Waals surface area contributed by atoms with Gasteiger partial charge in [0.05, 0.1) is 17.0 Å². The summed E-state index contributed by atoms with van der Waals surface area (Å²) in [5, 5.41) is 8.38. The zero-order valence-electron chi connectivity index (χ0n) is 15.7. The number of rotatable bonds is 5. The normalized spacial score (nSPS) is 10.9. The van der Waals surface area contributed by atoms with Crippen LogP contribution in [0.25, 0.3) is 16.8 Å². The minimum Gasteiger partial charge on any atom is -0.325 e. The van der Waals surface area contributed by atoms with Gasteiger partial charge in [0, 0.05) is 23.6 Å². The van der Waals surface area contributed by atoms with Gasteiger partial charge in [-0.1, -0.05) is 59.8 Å². The Kier molecular flexibility index (Phi) is 5.12. The molecule has 1 amide bonds. The van der Waals surface area contributed by atoms with E-state index in [1.54, 1.807) is 10.7 Å². The number of carbonyl (C=O) groups is 1. The molecule has 28 heavy (non-hydrogen) atoms. The first-order valence-electron chi connectivity index (χ1n) is 9.00. The van der Waals surface area contributed by atoms with Gasteiger partial charge in [0.1, 0.15) is 5.03 Å². The zero-order chi connectivity index (χ0) is 19.5. The van der Waals surface area contributed by atoms with E-state index in [1.807, 2.05) is 68.6 Å². The Morgan fingerprint density at radius 2 is 1.93 bits per heavy atom. The van der Waals surface area contributed by atoms with Crippen molar-refractivity contribution in [3.05, 3.63) is 78.1 Å². The van der Waals surface area contributed by atoms with E-state index in [2.05, 4.69) is 21.5 Å². The highest BCUT2D eigenvalue weighted by Gasteiger charge is 2.12. The molecule has 2 aromatic carbocycles. The van der Waals surface area contributed by atoms with Gasteiger partial charge in [0.15, 0.2) is 0 Å². The summed E-state index contributed by atoms with van der Waals surface area (Å²) in [6, 6.07) is 18.0. The molecular formula is C22H20N4OS. The summed E-state index contributed by atoms with van der Waals surface area (Å²) in [5.41, 5.74) is 5.91. The number of fused-ring (bicyclic) bond motifs is 1. The highest BCUT2D eigenvalue weighted by Crippen LogP contribution is 2.26. The molecule has 0 saturated heterocycles. The Bertz CT molecular complexity index is 1140. The fraction of sp³-hybridized carbons (Fsp3) is 0.136. The topological polar surface area (TPSA) is 59.3 Å². The number of nitrogens with zero attached hydrogens (tertiary/aromatic N) is 3. The van der Waals surface area contributed by atoms with Crippen LogP contribution in [-0.4, -0.2) is 26.3 Å². The maximum absolute atomic E-state index is 12.4. The Balaban J connectivity index is 1.50. The highest BCUT2D eigenvalue weighted by atomic mass is 32.2. The summed E-state index contributed by atoms with van der Waals surface area (Å²) < 4.78 is 1.81. The van der Waals surface area contributed by atoms with Gasteiger partial charge in [-0.2, -0.15) is 5.10 Å². The Labute approximate surface area is 167 Å². The molecular weight excluding hydrogens is 368 g/mol.